The van der Waals surface area contributed by atoms with Crippen molar-refractivity contribution in [2.45, 2.75) is 0.515 Å². The van der Waals surface area contributed by atoms with Gasteiger partial charge in [0.1, 0.15) is 0 Å². The molecule has 6 nitrogen and oxygen atoms in total. The van der Waals surface area contributed by atoms with Crippen LogP contribution in [0.25, 0.3) is 0 Å². The fraction of sp³-hybridized carbons (Fsp3) is 0.333. The molecule has 16 heavy (non-hydrogen) atoms. The number of allylic oxidation sites excluding steroid dienone is 1. The molecule has 0 aliphatic heterocycles. The van der Waals surface area contributed by atoms with Gasteiger partial charge in [0.25, 0.3) is 0 Å². The van der Waals surface area contributed by atoms with E-state index in [1.165, 1.54) is 0.515 Å². The number of hydrogen-bond acceptors (Lipinski definition) is 6. The molecule has 0 aliphatic rings. The van der Waals surface area contributed by atoms with Gasteiger partial charge in [-0.3, -0.25) is 12.9 Å². The first-order chi connectivity index (χ1) is 7.11. The van der Waals surface area contributed by atoms with Gasteiger partial charge in [-0.25, -0.2) is 0 Å². The van der Waals surface area contributed by atoms with Gasteiger partial charge in [0.15, 0.2) is 0 Å². The number of rotatable bonds is 1. The SMILES string of the molecule is C=C[CH2][K].OB(O)F.OB(O)F.OB(O)F. The number of hydrogen-bond donors (Lipinski definition) is 6. The van der Waals surface area contributed by atoms with Gasteiger partial charge in [0.05, 0.1) is 0 Å². The zero-order valence-electron chi connectivity index (χ0n) is 8.54. The average Bonchev–Trinajstić information content (AvgIpc) is 2.00. The molecule has 0 aromatic carbocycles. The van der Waals surface area contributed by atoms with Crippen molar-refractivity contribution in [2.24, 2.45) is 0 Å². The Kier molecular flexibility index (Phi) is 40.5. The molecule has 0 unspecified atom stereocenters. The third-order valence-corrected chi connectivity index (χ3v) is 1.19. The molecule has 0 amide bonds. The molecule has 0 spiro atoms. The topological polar surface area (TPSA) is 121 Å². The summed E-state index contributed by atoms with van der Waals surface area (Å²) in [5, 5.41) is 41.7. The van der Waals surface area contributed by atoms with Crippen LogP contribution in [0.5, 0.6) is 0 Å². The van der Waals surface area contributed by atoms with Gasteiger partial charge in [-0.15, -0.1) is 0 Å². The summed E-state index contributed by atoms with van der Waals surface area (Å²) in [6.07, 6.45) is 1.96. The third kappa shape index (κ3) is 670. The predicted octanol–water partition coefficient (Wildman–Crippen LogP) is -2.46. The molecule has 0 aromatic heterocycles. The molecule has 0 aliphatic carbocycles. The second-order valence-electron chi connectivity index (χ2n) is 1.63. The van der Waals surface area contributed by atoms with Crippen molar-refractivity contribution >= 4 is 71.1 Å². The zero-order valence-corrected chi connectivity index (χ0v) is 11.7. The van der Waals surface area contributed by atoms with Gasteiger partial charge in [0.2, 0.25) is 0 Å². The average molecular weight is 272 g/mol. The van der Waals surface area contributed by atoms with Crippen molar-refractivity contribution in [3.8, 4) is 0 Å². The first-order valence-corrected chi connectivity index (χ1v) is 5.94. The second kappa shape index (κ2) is 25.1. The van der Waals surface area contributed by atoms with Crippen LogP contribution in [-0.2, 0) is 0 Å². The van der Waals surface area contributed by atoms with E-state index in [4.69, 9.17) is 30.1 Å². The molecule has 0 rings (SSSR count). The van der Waals surface area contributed by atoms with E-state index < -0.39 is 22.2 Å². The van der Waals surface area contributed by atoms with Crippen molar-refractivity contribution in [3.63, 3.8) is 0 Å². The molecule has 0 heterocycles. The van der Waals surface area contributed by atoms with Crippen LogP contribution in [0.15, 0.2) is 12.7 Å². The van der Waals surface area contributed by atoms with Crippen LogP contribution in [0.3, 0.4) is 0 Å². The van der Waals surface area contributed by atoms with Gasteiger partial charge in [-0.2, -0.15) is 0 Å². The molecule has 0 saturated carbocycles. The zero-order chi connectivity index (χ0) is 14.1. The molecule has 0 saturated heterocycles. The second-order valence-corrected chi connectivity index (χ2v) is 2.90. The van der Waals surface area contributed by atoms with Crippen LogP contribution in [0.4, 0.5) is 12.9 Å². The van der Waals surface area contributed by atoms with Crippen molar-refractivity contribution in [1.82, 2.24) is 0 Å². The van der Waals surface area contributed by atoms with Crippen molar-refractivity contribution in [2.75, 3.05) is 0 Å². The van der Waals surface area contributed by atoms with E-state index in [1.54, 1.807) is 0 Å². The fourth-order valence-electron chi connectivity index (χ4n) is 0. The monoisotopic (exact) mass is 272 g/mol. The largest absolute Gasteiger partial charge is 0.674 e. The molecular weight excluding hydrogens is 261 g/mol. The first kappa shape index (κ1) is 25.8. The van der Waals surface area contributed by atoms with Gasteiger partial charge in [-0.1, -0.05) is 0 Å². The van der Waals surface area contributed by atoms with Crippen LogP contribution in [0.1, 0.15) is 0 Å². The molecule has 0 fully saturated rings. The molecule has 13 heteroatoms. The fourth-order valence-corrected chi connectivity index (χ4v) is 0. The standard InChI is InChI=1S/C3H5.3BFH2O2.K/c1-3-2;3*2-1(3)4;/h3H,1-2H2;3*3-4H;. The molecule has 0 aromatic rings. The Morgan fingerprint density at radius 1 is 0.875 bits per heavy atom. The smallest absolute Gasteiger partial charge is 0.398 e. The van der Waals surface area contributed by atoms with E-state index in [0.717, 1.165) is 49.0 Å². The summed E-state index contributed by atoms with van der Waals surface area (Å²) in [7, 11) is -8.00. The molecule has 0 bridgehead atoms. The van der Waals surface area contributed by atoms with Crippen LogP contribution in [0, 0.1) is 0 Å². The summed E-state index contributed by atoms with van der Waals surface area (Å²) in [5.41, 5.74) is 0. The quantitative estimate of drug-likeness (QED) is 0.232. The minimum atomic E-state index is -2.67. The van der Waals surface area contributed by atoms with E-state index in [1.807, 2.05) is 6.08 Å². The molecule has 0 radical (unpaired) electrons. The van der Waals surface area contributed by atoms with E-state index >= 15 is 0 Å². The summed E-state index contributed by atoms with van der Waals surface area (Å²) in [5.74, 6) is 0. The summed E-state index contributed by atoms with van der Waals surface area (Å²) in [4.78, 5) is 0. The molecular formula is C3H11B3F3KO6. The van der Waals surface area contributed by atoms with Crippen LogP contribution >= 0.6 is 0 Å². The predicted molar refractivity (Wildman–Crippen MR) is 54.7 cm³/mol. The van der Waals surface area contributed by atoms with Crippen LogP contribution in [0.2, 0.25) is 0.515 Å². The summed E-state index contributed by atoms with van der Waals surface area (Å²) in [6, 6.07) is 0. The Balaban J connectivity index is -0.0000000600. The van der Waals surface area contributed by atoms with Crippen molar-refractivity contribution in [3.05, 3.63) is 12.7 Å². The Hall–Kier alpha value is 1.12. The van der Waals surface area contributed by atoms with Gasteiger partial charge in [-0.05, 0) is 0 Å². The van der Waals surface area contributed by atoms with Gasteiger partial charge in [0, 0.05) is 0 Å². The summed E-state index contributed by atoms with van der Waals surface area (Å²) in [6.45, 7) is 3.53. The third-order valence-electron chi connectivity index (χ3n) is 0.289. The minimum absolute atomic E-state index is 0.995. The molecule has 0 atom stereocenters. The van der Waals surface area contributed by atoms with Crippen LogP contribution < -0.4 is 0 Å². The van der Waals surface area contributed by atoms with Crippen molar-refractivity contribution < 1.29 is 43.1 Å². The normalized spacial score (nSPS) is 6.69. The van der Waals surface area contributed by atoms with E-state index in [-0.39, 0.29) is 0 Å². The van der Waals surface area contributed by atoms with E-state index in [0.29, 0.717) is 0 Å². The van der Waals surface area contributed by atoms with E-state index in [9.17, 15) is 12.9 Å². The van der Waals surface area contributed by atoms with Gasteiger partial charge < -0.3 is 30.1 Å². The number of halogens is 3. The summed E-state index contributed by atoms with van der Waals surface area (Å²) < 4.78 is 31.6. The van der Waals surface area contributed by atoms with Crippen molar-refractivity contribution in [1.29, 1.82) is 0 Å². The first-order valence-electron chi connectivity index (χ1n) is 3.73. The molecule has 90 valence electrons. The Bertz CT molecular complexity index is 99.9. The Morgan fingerprint density at radius 2 is 0.938 bits per heavy atom. The maximum Gasteiger partial charge on any atom is 0.674 e. The maximum absolute atomic E-state index is 10.1. The Labute approximate surface area is 126 Å². The van der Waals surface area contributed by atoms with Gasteiger partial charge >= 0.3 is 84.3 Å². The van der Waals surface area contributed by atoms with Crippen LogP contribution in [-0.4, -0.2) is 101 Å². The molecule has 6 N–H and O–H groups in total. The Morgan fingerprint density at radius 3 is 0.938 bits per heavy atom. The minimum Gasteiger partial charge on any atom is -0.398 e. The summed E-state index contributed by atoms with van der Waals surface area (Å²) >= 11 is 0.995. The maximum atomic E-state index is 10.1. The van der Waals surface area contributed by atoms with E-state index in [2.05, 4.69) is 6.58 Å².